The summed E-state index contributed by atoms with van der Waals surface area (Å²) in [7, 11) is 1.63. The van der Waals surface area contributed by atoms with Gasteiger partial charge in [-0.2, -0.15) is 0 Å². The molecule has 0 aliphatic carbocycles. The van der Waals surface area contributed by atoms with E-state index in [2.05, 4.69) is 5.32 Å². The van der Waals surface area contributed by atoms with Crippen molar-refractivity contribution in [1.82, 2.24) is 9.88 Å². The van der Waals surface area contributed by atoms with Gasteiger partial charge in [-0.15, -0.1) is 0 Å². The number of carbonyl (C=O) groups excluding carboxylic acids is 1. The van der Waals surface area contributed by atoms with Crippen molar-refractivity contribution in [1.29, 1.82) is 0 Å². The van der Waals surface area contributed by atoms with Crippen LogP contribution in [0.5, 0.6) is 5.75 Å². The summed E-state index contributed by atoms with van der Waals surface area (Å²) < 4.78 is 7.50. The van der Waals surface area contributed by atoms with Gasteiger partial charge >= 0.3 is 0 Å². The van der Waals surface area contributed by atoms with Gasteiger partial charge in [0, 0.05) is 6.04 Å². The van der Waals surface area contributed by atoms with Crippen molar-refractivity contribution in [2.45, 2.75) is 26.4 Å². The normalized spacial score (nSPS) is 10.7. The molecule has 1 aromatic heterocycles. The second-order valence-electron chi connectivity index (χ2n) is 5.14. The number of ether oxygens (including phenoxy) is 1. The number of nitrogens with one attached hydrogen (secondary N) is 1. The van der Waals surface area contributed by atoms with Crippen LogP contribution < -0.4 is 15.8 Å². The molecule has 1 amide bonds. The van der Waals surface area contributed by atoms with Crippen LogP contribution in [0.2, 0.25) is 0 Å². The number of nitrogens with zero attached hydrogens (tertiary/aromatic N) is 1. The minimum absolute atomic E-state index is 0.0533. The highest BCUT2D eigenvalue weighted by Crippen LogP contribution is 2.24. The van der Waals surface area contributed by atoms with Crippen molar-refractivity contribution in [3.05, 3.63) is 38.7 Å². The Morgan fingerprint density at radius 1 is 1.41 bits per heavy atom. The minimum Gasteiger partial charge on any atom is -0.497 e. The second-order valence-corrected chi connectivity index (χ2v) is 6.79. The van der Waals surface area contributed by atoms with Gasteiger partial charge in [-0.25, -0.2) is 0 Å². The Balaban J connectivity index is 2.26. The lowest BCUT2D eigenvalue weighted by Crippen LogP contribution is -2.30. The van der Waals surface area contributed by atoms with Gasteiger partial charge in [0.25, 0.3) is 5.91 Å². The van der Waals surface area contributed by atoms with Crippen molar-refractivity contribution in [2.75, 3.05) is 12.8 Å². The number of amides is 1. The maximum Gasteiger partial charge on any atom is 0.265 e. The summed E-state index contributed by atoms with van der Waals surface area (Å²) in [5.74, 6) is 1.02. The molecule has 3 N–H and O–H groups in total. The minimum atomic E-state index is -0.183. The van der Waals surface area contributed by atoms with Crippen LogP contribution in [0.3, 0.4) is 0 Å². The first-order valence-electron chi connectivity index (χ1n) is 6.85. The number of aromatic nitrogens is 1. The number of hydrogen-bond donors (Lipinski definition) is 2. The molecular formula is C15H19N3O2S2. The fourth-order valence-corrected chi connectivity index (χ4v) is 3.20. The smallest absolute Gasteiger partial charge is 0.265 e. The molecule has 0 fully saturated rings. The molecule has 2 aromatic rings. The quantitative estimate of drug-likeness (QED) is 0.823. The molecule has 7 heteroatoms. The molecule has 0 saturated carbocycles. The van der Waals surface area contributed by atoms with E-state index in [1.807, 2.05) is 38.1 Å². The lowest BCUT2D eigenvalue weighted by molar-refractivity contribution is 0.0947. The average molecular weight is 337 g/mol. The molecule has 118 valence electrons. The maximum absolute atomic E-state index is 12.1. The van der Waals surface area contributed by atoms with Gasteiger partial charge in [0.15, 0.2) is 3.95 Å². The number of anilines is 1. The topological polar surface area (TPSA) is 69.3 Å². The molecule has 1 heterocycles. The lowest BCUT2D eigenvalue weighted by Gasteiger charge is -2.09. The highest BCUT2D eigenvalue weighted by molar-refractivity contribution is 7.73. The Morgan fingerprint density at radius 3 is 2.59 bits per heavy atom. The first-order chi connectivity index (χ1) is 10.4. The van der Waals surface area contributed by atoms with Gasteiger partial charge in [0.05, 0.1) is 13.7 Å². The predicted molar refractivity (Wildman–Crippen MR) is 92.3 cm³/mol. The fourth-order valence-electron chi connectivity index (χ4n) is 1.97. The monoisotopic (exact) mass is 337 g/mol. The van der Waals surface area contributed by atoms with E-state index < -0.39 is 0 Å². The van der Waals surface area contributed by atoms with Gasteiger partial charge in [-0.05, 0) is 43.8 Å². The van der Waals surface area contributed by atoms with Crippen molar-refractivity contribution in [3.63, 3.8) is 0 Å². The van der Waals surface area contributed by atoms with E-state index in [-0.39, 0.29) is 11.9 Å². The van der Waals surface area contributed by atoms with E-state index in [4.69, 9.17) is 22.7 Å². The van der Waals surface area contributed by atoms with Gasteiger partial charge in [-0.3, -0.25) is 4.79 Å². The van der Waals surface area contributed by atoms with E-state index >= 15 is 0 Å². The highest BCUT2D eigenvalue weighted by Gasteiger charge is 2.17. The third kappa shape index (κ3) is 3.66. The Kier molecular flexibility index (Phi) is 5.20. The highest BCUT2D eigenvalue weighted by atomic mass is 32.1. The number of nitrogens with two attached hydrogens (primary N) is 1. The van der Waals surface area contributed by atoms with E-state index in [1.165, 1.54) is 11.3 Å². The van der Waals surface area contributed by atoms with Gasteiger partial charge in [0.2, 0.25) is 0 Å². The molecule has 0 saturated heterocycles. The summed E-state index contributed by atoms with van der Waals surface area (Å²) in [6.07, 6.45) is 0. The molecule has 0 spiro atoms. The van der Waals surface area contributed by atoms with Gasteiger partial charge in [0.1, 0.15) is 16.4 Å². The molecule has 0 aliphatic rings. The molecule has 0 atom stereocenters. The second kappa shape index (κ2) is 6.93. The molecule has 0 radical (unpaired) electrons. The van der Waals surface area contributed by atoms with Gasteiger partial charge in [-0.1, -0.05) is 23.5 Å². The largest absolute Gasteiger partial charge is 0.497 e. The van der Waals surface area contributed by atoms with Crippen LogP contribution in [-0.2, 0) is 6.54 Å². The van der Waals surface area contributed by atoms with Crippen LogP contribution in [0.4, 0.5) is 5.82 Å². The first kappa shape index (κ1) is 16.5. The molecule has 2 rings (SSSR count). The molecule has 5 nitrogen and oxygen atoms in total. The number of hydrogen-bond acceptors (Lipinski definition) is 5. The Morgan fingerprint density at radius 2 is 2.05 bits per heavy atom. The fraction of sp³-hybridized carbons (Fsp3) is 0.333. The number of thiazole rings is 1. The van der Waals surface area contributed by atoms with Crippen LogP contribution in [0.1, 0.15) is 29.1 Å². The molecule has 0 aliphatic heterocycles. The summed E-state index contributed by atoms with van der Waals surface area (Å²) in [5.41, 5.74) is 7.14. The van der Waals surface area contributed by atoms with Crippen molar-refractivity contribution in [3.8, 4) is 5.75 Å². The van der Waals surface area contributed by atoms with Crippen molar-refractivity contribution >= 4 is 35.3 Å². The Labute approximate surface area is 138 Å². The molecule has 22 heavy (non-hydrogen) atoms. The van der Waals surface area contributed by atoms with E-state index in [0.29, 0.717) is 21.2 Å². The van der Waals surface area contributed by atoms with Crippen LogP contribution in [-0.4, -0.2) is 23.6 Å². The van der Waals surface area contributed by atoms with Crippen LogP contribution in [0, 0.1) is 3.95 Å². The third-order valence-electron chi connectivity index (χ3n) is 3.06. The number of rotatable bonds is 5. The number of methoxy groups -OCH3 is 1. The van der Waals surface area contributed by atoms with E-state index in [0.717, 1.165) is 11.3 Å². The summed E-state index contributed by atoms with van der Waals surface area (Å²) in [6.45, 7) is 4.34. The zero-order valence-electron chi connectivity index (χ0n) is 12.8. The van der Waals surface area contributed by atoms with E-state index in [9.17, 15) is 4.79 Å². The van der Waals surface area contributed by atoms with Crippen LogP contribution >= 0.6 is 23.6 Å². The zero-order chi connectivity index (χ0) is 16.3. The molecule has 1 aromatic carbocycles. The number of nitrogen functional groups attached to an aromatic ring is 1. The summed E-state index contributed by atoms with van der Waals surface area (Å²) in [6, 6.07) is 7.72. The SMILES string of the molecule is COc1ccc(Cn2c(N)c(C(=O)NC(C)C)sc2=S)cc1. The maximum atomic E-state index is 12.1. The standard InChI is InChI=1S/C15H19N3O2S2/c1-9(2)17-14(19)12-13(16)18(15(21)22-12)8-10-4-6-11(20-3)7-5-10/h4-7,9H,8,16H2,1-3H3,(H,17,19). The molecule has 0 unspecified atom stereocenters. The summed E-state index contributed by atoms with van der Waals surface area (Å²) >= 11 is 6.57. The van der Waals surface area contributed by atoms with Crippen molar-refractivity contribution in [2.24, 2.45) is 0 Å². The number of benzene rings is 1. The lowest BCUT2D eigenvalue weighted by atomic mass is 10.2. The summed E-state index contributed by atoms with van der Waals surface area (Å²) in [5, 5.41) is 2.83. The molecular weight excluding hydrogens is 318 g/mol. The third-order valence-corrected chi connectivity index (χ3v) is 4.52. The predicted octanol–water partition coefficient (Wildman–Crippen LogP) is 3.06. The van der Waals surface area contributed by atoms with Crippen LogP contribution in [0.15, 0.2) is 24.3 Å². The van der Waals surface area contributed by atoms with Crippen LogP contribution in [0.25, 0.3) is 0 Å². The summed E-state index contributed by atoms with van der Waals surface area (Å²) in [4.78, 5) is 12.6. The Bertz CT molecular complexity index is 717. The number of carbonyl (C=O) groups is 1. The average Bonchev–Trinajstić information content (AvgIpc) is 2.75. The zero-order valence-corrected chi connectivity index (χ0v) is 14.4. The van der Waals surface area contributed by atoms with Crippen molar-refractivity contribution < 1.29 is 9.53 Å². The Hall–Kier alpha value is -1.86. The first-order valence-corrected chi connectivity index (χ1v) is 8.07. The molecule has 0 bridgehead atoms. The van der Waals surface area contributed by atoms with E-state index in [1.54, 1.807) is 11.7 Å². The van der Waals surface area contributed by atoms with Gasteiger partial charge < -0.3 is 20.4 Å².